The van der Waals surface area contributed by atoms with Gasteiger partial charge in [-0.25, -0.2) is 13.6 Å². The first-order valence-electron chi connectivity index (χ1n) is 8.83. The number of rotatable bonds is 4. The number of nitrogens with one attached hydrogen (secondary N) is 1. The van der Waals surface area contributed by atoms with Gasteiger partial charge in [-0.2, -0.15) is 0 Å². The molecule has 2 amide bonds. The molecule has 0 saturated heterocycles. The van der Waals surface area contributed by atoms with Crippen LogP contribution >= 0.6 is 0 Å². The number of carboxylic acid groups (broad SMARTS) is 1. The largest absolute Gasteiger partial charge is 0.492 e. The van der Waals surface area contributed by atoms with Crippen LogP contribution in [0.1, 0.15) is 42.2 Å². The molecule has 0 aromatic heterocycles. The minimum Gasteiger partial charge on any atom is -0.492 e. The average Bonchev–Trinajstić information content (AvgIpc) is 2.64. The third-order valence-electron chi connectivity index (χ3n) is 4.58. The number of hydrogen-bond donors (Lipinski definition) is 2. The Morgan fingerprint density at radius 1 is 1.21 bits per heavy atom. The number of halogens is 2. The number of carbonyl (C=O) groups is 2. The predicted octanol–water partition coefficient (Wildman–Crippen LogP) is 4.43. The van der Waals surface area contributed by atoms with E-state index in [4.69, 9.17) is 4.74 Å². The molecule has 1 atom stereocenters. The van der Waals surface area contributed by atoms with E-state index in [0.717, 1.165) is 12.1 Å². The lowest BCUT2D eigenvalue weighted by molar-refractivity contribution is 0.0883. The van der Waals surface area contributed by atoms with Crippen LogP contribution in [-0.2, 0) is 0 Å². The van der Waals surface area contributed by atoms with Crippen molar-refractivity contribution in [1.82, 2.24) is 4.90 Å². The highest BCUT2D eigenvalue weighted by Crippen LogP contribution is 2.39. The highest BCUT2D eigenvalue weighted by Gasteiger charge is 2.33. The first kappa shape index (κ1) is 19.6. The molecule has 0 saturated carbocycles. The second-order valence-electron chi connectivity index (χ2n) is 6.74. The predicted molar refractivity (Wildman–Crippen MR) is 98.6 cm³/mol. The first-order valence-corrected chi connectivity index (χ1v) is 8.83. The normalized spacial score (nSPS) is 15.5. The highest BCUT2D eigenvalue weighted by molar-refractivity contribution is 6.06. The molecule has 6 nitrogen and oxygen atoms in total. The van der Waals surface area contributed by atoms with Crippen LogP contribution in [0.25, 0.3) is 0 Å². The Labute approximate surface area is 160 Å². The zero-order chi connectivity index (χ0) is 20.4. The van der Waals surface area contributed by atoms with Crippen LogP contribution < -0.4 is 10.1 Å². The van der Waals surface area contributed by atoms with Gasteiger partial charge in [-0.3, -0.25) is 9.69 Å². The maximum atomic E-state index is 13.4. The molecule has 1 heterocycles. The Hall–Kier alpha value is -3.16. The molecule has 0 unspecified atom stereocenters. The summed E-state index contributed by atoms with van der Waals surface area (Å²) in [6.07, 6.45) is -0.587. The van der Waals surface area contributed by atoms with E-state index in [1.54, 1.807) is 26.0 Å². The highest BCUT2D eigenvalue weighted by atomic mass is 19.2. The zero-order valence-corrected chi connectivity index (χ0v) is 15.4. The average molecular weight is 390 g/mol. The van der Waals surface area contributed by atoms with Gasteiger partial charge in [-0.15, -0.1) is 0 Å². The van der Waals surface area contributed by atoms with Crippen molar-refractivity contribution in [3.05, 3.63) is 59.2 Å². The van der Waals surface area contributed by atoms with Gasteiger partial charge in [0.1, 0.15) is 5.75 Å². The molecular formula is C20H20F2N2O4. The monoisotopic (exact) mass is 390 g/mol. The molecule has 2 aromatic rings. The van der Waals surface area contributed by atoms with Gasteiger partial charge in [-0.1, -0.05) is 12.1 Å². The van der Waals surface area contributed by atoms with E-state index in [1.807, 2.05) is 0 Å². The minimum absolute atomic E-state index is 0.100. The van der Waals surface area contributed by atoms with Crippen LogP contribution in [-0.4, -0.2) is 34.7 Å². The molecule has 0 fully saturated rings. The molecule has 28 heavy (non-hydrogen) atoms. The fourth-order valence-electron chi connectivity index (χ4n) is 3.36. The number of amides is 2. The topological polar surface area (TPSA) is 78.9 Å². The SMILES string of the molecule is CC(C)N(C(=O)O)[C@H]1CCOc2c(C(=O)Nc3ccc(F)c(F)c3)cccc21. The van der Waals surface area contributed by atoms with Crippen LogP contribution in [0.15, 0.2) is 36.4 Å². The molecule has 2 N–H and O–H groups in total. The van der Waals surface area contributed by atoms with Gasteiger partial charge in [0.15, 0.2) is 11.6 Å². The summed E-state index contributed by atoms with van der Waals surface area (Å²) in [4.78, 5) is 25.7. The Kier molecular flexibility index (Phi) is 5.48. The fraction of sp³-hybridized carbons (Fsp3) is 0.300. The summed E-state index contributed by atoms with van der Waals surface area (Å²) in [6.45, 7) is 3.81. The third kappa shape index (κ3) is 3.76. The Morgan fingerprint density at radius 2 is 1.96 bits per heavy atom. The van der Waals surface area contributed by atoms with E-state index in [9.17, 15) is 23.5 Å². The molecule has 1 aliphatic heterocycles. The minimum atomic E-state index is -1.07. The number of ether oxygens (including phenoxy) is 1. The molecule has 148 valence electrons. The Bertz CT molecular complexity index is 917. The lowest BCUT2D eigenvalue weighted by Crippen LogP contribution is -2.41. The lowest BCUT2D eigenvalue weighted by Gasteiger charge is -2.36. The van der Waals surface area contributed by atoms with Gasteiger partial charge in [0.2, 0.25) is 0 Å². The summed E-state index contributed by atoms with van der Waals surface area (Å²) in [6, 6.07) is 7.26. The molecule has 0 aliphatic carbocycles. The summed E-state index contributed by atoms with van der Waals surface area (Å²) in [5.74, 6) is -2.34. The van der Waals surface area contributed by atoms with E-state index in [1.165, 1.54) is 17.0 Å². The van der Waals surface area contributed by atoms with Crippen molar-refractivity contribution >= 4 is 17.7 Å². The molecule has 0 bridgehead atoms. The zero-order valence-electron chi connectivity index (χ0n) is 15.4. The van der Waals surface area contributed by atoms with Crippen LogP contribution in [0.3, 0.4) is 0 Å². The van der Waals surface area contributed by atoms with Crippen molar-refractivity contribution < 1.29 is 28.2 Å². The molecule has 0 radical (unpaired) electrons. The van der Waals surface area contributed by atoms with Crippen molar-refractivity contribution in [2.75, 3.05) is 11.9 Å². The van der Waals surface area contributed by atoms with Crippen molar-refractivity contribution in [2.45, 2.75) is 32.4 Å². The smallest absolute Gasteiger partial charge is 0.408 e. The third-order valence-corrected chi connectivity index (χ3v) is 4.58. The maximum absolute atomic E-state index is 13.4. The second kappa shape index (κ2) is 7.84. The summed E-state index contributed by atoms with van der Waals surface area (Å²) < 4.78 is 32.1. The lowest BCUT2D eigenvalue weighted by atomic mass is 9.95. The van der Waals surface area contributed by atoms with Crippen molar-refractivity contribution in [3.8, 4) is 5.75 Å². The standard InChI is InChI=1S/C20H20F2N2O4/c1-11(2)24(20(26)27)17-8-9-28-18-13(17)4-3-5-14(18)19(25)23-12-6-7-15(21)16(22)10-12/h3-7,10-11,17H,8-9H2,1-2H3,(H,23,25)(H,26,27)/t17-/m0/s1. The number of nitrogens with zero attached hydrogens (tertiary/aromatic N) is 1. The van der Waals surface area contributed by atoms with E-state index in [0.29, 0.717) is 17.7 Å². The Morgan fingerprint density at radius 3 is 2.61 bits per heavy atom. The maximum Gasteiger partial charge on any atom is 0.408 e. The molecule has 3 rings (SSSR count). The van der Waals surface area contributed by atoms with Crippen molar-refractivity contribution in [2.24, 2.45) is 0 Å². The summed E-state index contributed by atoms with van der Waals surface area (Å²) in [5, 5.41) is 12.1. The summed E-state index contributed by atoms with van der Waals surface area (Å²) in [5.41, 5.74) is 0.893. The van der Waals surface area contributed by atoms with Gasteiger partial charge in [0, 0.05) is 29.8 Å². The van der Waals surface area contributed by atoms with Gasteiger partial charge in [0.05, 0.1) is 18.2 Å². The van der Waals surface area contributed by atoms with Gasteiger partial charge in [-0.05, 0) is 32.0 Å². The van der Waals surface area contributed by atoms with E-state index >= 15 is 0 Å². The van der Waals surface area contributed by atoms with Gasteiger partial charge in [0.25, 0.3) is 5.91 Å². The number of fused-ring (bicyclic) bond motifs is 1. The van der Waals surface area contributed by atoms with Crippen LogP contribution in [0.5, 0.6) is 5.75 Å². The van der Waals surface area contributed by atoms with Crippen LogP contribution in [0.2, 0.25) is 0 Å². The molecule has 2 aromatic carbocycles. The van der Waals surface area contributed by atoms with Crippen LogP contribution in [0, 0.1) is 11.6 Å². The van der Waals surface area contributed by atoms with Crippen molar-refractivity contribution in [3.63, 3.8) is 0 Å². The molecule has 1 aliphatic rings. The number of benzene rings is 2. The van der Waals surface area contributed by atoms with E-state index in [2.05, 4.69) is 5.32 Å². The summed E-state index contributed by atoms with van der Waals surface area (Å²) in [7, 11) is 0. The first-order chi connectivity index (χ1) is 13.3. The number of para-hydroxylation sites is 1. The molecular weight excluding hydrogens is 370 g/mol. The van der Waals surface area contributed by atoms with E-state index < -0.39 is 29.7 Å². The quantitative estimate of drug-likeness (QED) is 0.810. The van der Waals surface area contributed by atoms with Crippen molar-refractivity contribution in [1.29, 1.82) is 0 Å². The molecule has 8 heteroatoms. The molecule has 0 spiro atoms. The Balaban J connectivity index is 1.94. The van der Waals surface area contributed by atoms with Gasteiger partial charge < -0.3 is 15.2 Å². The fourth-order valence-corrected chi connectivity index (χ4v) is 3.36. The number of carbonyl (C=O) groups excluding carboxylic acids is 1. The van der Waals surface area contributed by atoms with Crippen LogP contribution in [0.4, 0.5) is 19.3 Å². The number of hydrogen-bond acceptors (Lipinski definition) is 3. The summed E-state index contributed by atoms with van der Waals surface area (Å²) >= 11 is 0. The second-order valence-corrected chi connectivity index (χ2v) is 6.74. The van der Waals surface area contributed by atoms with E-state index in [-0.39, 0.29) is 23.9 Å². The van der Waals surface area contributed by atoms with Gasteiger partial charge >= 0.3 is 6.09 Å². The number of anilines is 1.